The molecule has 0 amide bonds. The summed E-state index contributed by atoms with van der Waals surface area (Å²) in [6.45, 7) is -2.99. The summed E-state index contributed by atoms with van der Waals surface area (Å²) in [5.74, 6) is -2.19. The number of carbonyl (C=O) groups is 1. The van der Waals surface area contributed by atoms with Gasteiger partial charge in [0.2, 0.25) is 5.89 Å². The average Bonchev–Trinajstić information content (AvgIpc) is 3.07. The molecule has 0 saturated heterocycles. The van der Waals surface area contributed by atoms with Crippen molar-refractivity contribution >= 4 is 23.1 Å². The molecule has 0 radical (unpaired) electrons. The van der Waals surface area contributed by atoms with Gasteiger partial charge in [0.05, 0.1) is 0 Å². The number of benzene rings is 2. The molecule has 0 spiro atoms. The molecule has 152 valence electrons. The topological polar surface area (TPSA) is 61.6 Å². The quantitative estimate of drug-likeness (QED) is 0.312. The van der Waals surface area contributed by atoms with Gasteiger partial charge in [0.15, 0.2) is 5.58 Å². The molecule has 0 N–H and O–H groups in total. The summed E-state index contributed by atoms with van der Waals surface area (Å²) >= 11 is 0. The van der Waals surface area contributed by atoms with Gasteiger partial charge in [-0.05, 0) is 35.9 Å². The summed E-state index contributed by atoms with van der Waals surface area (Å²) in [6.07, 6.45) is -5.70. The van der Waals surface area contributed by atoms with Crippen LogP contribution < -0.4 is 4.74 Å². The highest BCUT2D eigenvalue weighted by Crippen LogP contribution is 2.36. The van der Waals surface area contributed by atoms with E-state index in [0.29, 0.717) is 5.56 Å². The second-order valence-corrected chi connectivity index (χ2v) is 5.66. The van der Waals surface area contributed by atoms with Crippen LogP contribution in [0.15, 0.2) is 59.0 Å². The molecular formula is C19H12F5NO4. The van der Waals surface area contributed by atoms with Crippen LogP contribution in [-0.4, -0.2) is 23.7 Å². The number of esters is 1. The molecule has 1 unspecified atom stereocenters. The number of nitrogens with zero attached hydrogens (tertiary/aromatic N) is 1. The number of rotatable bonds is 6. The van der Waals surface area contributed by atoms with Crippen molar-refractivity contribution in [2.24, 2.45) is 0 Å². The second kappa shape index (κ2) is 8.29. The average molecular weight is 413 g/mol. The van der Waals surface area contributed by atoms with Crippen LogP contribution in [0.2, 0.25) is 0 Å². The maximum atomic E-state index is 13.3. The maximum absolute atomic E-state index is 13.3. The molecule has 1 aromatic heterocycles. The lowest BCUT2D eigenvalue weighted by Crippen LogP contribution is -2.26. The molecule has 29 heavy (non-hydrogen) atoms. The van der Waals surface area contributed by atoms with Gasteiger partial charge in [-0.25, -0.2) is 9.78 Å². The third-order valence-electron chi connectivity index (χ3n) is 3.58. The molecule has 3 aromatic rings. The number of ether oxygens (including phenoxy) is 2. The van der Waals surface area contributed by atoms with Crippen molar-refractivity contribution in [3.05, 3.63) is 66.1 Å². The van der Waals surface area contributed by atoms with Crippen LogP contribution in [0.5, 0.6) is 5.75 Å². The van der Waals surface area contributed by atoms with Crippen molar-refractivity contribution in [1.82, 2.24) is 4.98 Å². The minimum Gasteiger partial charge on any atom is -0.439 e. The van der Waals surface area contributed by atoms with Gasteiger partial charge >= 0.3 is 18.8 Å². The zero-order valence-corrected chi connectivity index (χ0v) is 14.4. The van der Waals surface area contributed by atoms with E-state index in [4.69, 9.17) is 4.42 Å². The molecule has 3 rings (SSSR count). The highest BCUT2D eigenvalue weighted by atomic mass is 19.4. The van der Waals surface area contributed by atoms with Gasteiger partial charge in [0.25, 0.3) is 6.10 Å². The number of alkyl halides is 5. The largest absolute Gasteiger partial charge is 0.439 e. The van der Waals surface area contributed by atoms with E-state index < -0.39 is 30.8 Å². The van der Waals surface area contributed by atoms with Crippen LogP contribution in [0.4, 0.5) is 22.0 Å². The Kier molecular flexibility index (Phi) is 5.81. The van der Waals surface area contributed by atoms with Crippen LogP contribution in [-0.2, 0) is 9.53 Å². The van der Waals surface area contributed by atoms with Crippen molar-refractivity contribution in [2.45, 2.75) is 18.9 Å². The second-order valence-electron chi connectivity index (χ2n) is 5.66. The monoisotopic (exact) mass is 413 g/mol. The van der Waals surface area contributed by atoms with Crippen molar-refractivity contribution in [3.8, 4) is 5.75 Å². The van der Waals surface area contributed by atoms with E-state index in [1.54, 1.807) is 12.1 Å². The molecule has 1 atom stereocenters. The predicted molar refractivity (Wildman–Crippen MR) is 91.0 cm³/mol. The Morgan fingerprint density at radius 3 is 2.38 bits per heavy atom. The lowest BCUT2D eigenvalue weighted by molar-refractivity contribution is -0.226. The summed E-state index contributed by atoms with van der Waals surface area (Å²) < 4.78 is 77.9. The summed E-state index contributed by atoms with van der Waals surface area (Å²) in [5, 5.41) is 0. The molecule has 0 bridgehead atoms. The number of aromatic nitrogens is 1. The highest BCUT2D eigenvalue weighted by Gasteiger charge is 2.47. The van der Waals surface area contributed by atoms with Crippen molar-refractivity contribution < 1.29 is 40.6 Å². The van der Waals surface area contributed by atoms with Crippen molar-refractivity contribution in [3.63, 3.8) is 0 Å². The molecule has 1 heterocycles. The number of fused-ring (bicyclic) bond motifs is 1. The Hall–Kier alpha value is -3.43. The Balaban J connectivity index is 1.72. The van der Waals surface area contributed by atoms with Crippen LogP contribution in [0, 0.1) is 0 Å². The third-order valence-corrected chi connectivity index (χ3v) is 3.58. The molecule has 0 saturated carbocycles. The molecular weight excluding hydrogens is 401 g/mol. The number of carbonyl (C=O) groups excluding carboxylic acids is 1. The fourth-order valence-corrected chi connectivity index (χ4v) is 2.34. The maximum Gasteiger partial charge on any atom is 0.434 e. The summed E-state index contributed by atoms with van der Waals surface area (Å²) in [4.78, 5) is 15.6. The van der Waals surface area contributed by atoms with Crippen LogP contribution in [0.1, 0.15) is 17.6 Å². The van der Waals surface area contributed by atoms with Crippen LogP contribution >= 0.6 is 0 Å². The van der Waals surface area contributed by atoms with E-state index in [2.05, 4.69) is 14.5 Å². The van der Waals surface area contributed by atoms with Crippen molar-refractivity contribution in [2.75, 3.05) is 0 Å². The van der Waals surface area contributed by atoms with Crippen molar-refractivity contribution in [1.29, 1.82) is 0 Å². The van der Waals surface area contributed by atoms with Gasteiger partial charge in [0.1, 0.15) is 11.3 Å². The van der Waals surface area contributed by atoms with E-state index in [1.807, 2.05) is 0 Å². The molecule has 0 aliphatic rings. The number of halogens is 5. The molecule has 10 heteroatoms. The Labute approximate surface area is 160 Å². The molecule has 0 fully saturated rings. The number of hydrogen-bond acceptors (Lipinski definition) is 5. The van der Waals surface area contributed by atoms with Gasteiger partial charge < -0.3 is 13.9 Å². The number of para-hydroxylation sites is 2. The Morgan fingerprint density at radius 2 is 1.76 bits per heavy atom. The van der Waals surface area contributed by atoms with Gasteiger partial charge in [-0.3, -0.25) is 0 Å². The SMILES string of the molecule is O=C(/C=C/c1ccc(OC(F)F)cc1)OC(c1nc2ccccc2o1)C(F)(F)F. The number of oxazole rings is 1. The van der Waals surface area contributed by atoms with E-state index in [0.717, 1.165) is 12.2 Å². The summed E-state index contributed by atoms with van der Waals surface area (Å²) in [7, 11) is 0. The molecule has 5 nitrogen and oxygen atoms in total. The molecule has 2 aromatic carbocycles. The van der Waals surface area contributed by atoms with Gasteiger partial charge in [-0.2, -0.15) is 22.0 Å². The van der Waals surface area contributed by atoms with Crippen LogP contribution in [0.25, 0.3) is 17.2 Å². The third kappa shape index (κ3) is 5.31. The number of hydrogen-bond donors (Lipinski definition) is 0. The minimum absolute atomic E-state index is 0.104. The first-order chi connectivity index (χ1) is 13.7. The first-order valence-electron chi connectivity index (χ1n) is 8.08. The van der Waals surface area contributed by atoms with Crippen LogP contribution in [0.3, 0.4) is 0 Å². The van der Waals surface area contributed by atoms with E-state index in [1.165, 1.54) is 36.4 Å². The Bertz CT molecular complexity index is 978. The van der Waals surface area contributed by atoms with Gasteiger partial charge in [0, 0.05) is 6.08 Å². The fourth-order valence-electron chi connectivity index (χ4n) is 2.34. The molecule has 0 aliphatic carbocycles. The fraction of sp³-hybridized carbons (Fsp3) is 0.158. The smallest absolute Gasteiger partial charge is 0.434 e. The standard InChI is InChI=1S/C19H12F5NO4/c20-18(21)27-12-8-5-11(6-9-12)7-10-15(26)29-16(19(22,23)24)17-25-13-3-1-2-4-14(13)28-17/h1-10,16,18H/b10-7+. The molecule has 0 aliphatic heterocycles. The van der Waals surface area contributed by atoms with E-state index in [9.17, 15) is 26.7 Å². The van der Waals surface area contributed by atoms with Gasteiger partial charge in [-0.1, -0.05) is 24.3 Å². The van der Waals surface area contributed by atoms with E-state index in [-0.39, 0.29) is 16.8 Å². The van der Waals surface area contributed by atoms with E-state index >= 15 is 0 Å². The summed E-state index contributed by atoms with van der Waals surface area (Å²) in [6, 6.07) is 11.1. The minimum atomic E-state index is -4.95. The lowest BCUT2D eigenvalue weighted by Gasteiger charge is -2.16. The highest BCUT2D eigenvalue weighted by molar-refractivity contribution is 5.87. The lowest BCUT2D eigenvalue weighted by atomic mass is 10.2. The first kappa shape index (κ1) is 20.3. The normalized spacial score (nSPS) is 13.2. The van der Waals surface area contributed by atoms with Gasteiger partial charge in [-0.15, -0.1) is 0 Å². The first-order valence-corrected chi connectivity index (χ1v) is 8.08. The summed E-state index contributed by atoms with van der Waals surface area (Å²) in [5.41, 5.74) is 0.665. The zero-order valence-electron chi connectivity index (χ0n) is 14.4. The zero-order chi connectivity index (χ0) is 21.0. The predicted octanol–water partition coefficient (Wildman–Crippen LogP) is 5.29. The Morgan fingerprint density at radius 1 is 1.07 bits per heavy atom.